The van der Waals surface area contributed by atoms with Crippen LogP contribution < -0.4 is 10.0 Å². The van der Waals surface area contributed by atoms with E-state index >= 15 is 0 Å². The molecule has 17 heavy (non-hydrogen) atoms. The van der Waals surface area contributed by atoms with Crippen LogP contribution in [0.5, 0.6) is 0 Å². The zero-order chi connectivity index (χ0) is 12.9. The van der Waals surface area contributed by atoms with Crippen LogP contribution in [0.3, 0.4) is 0 Å². The van der Waals surface area contributed by atoms with Gasteiger partial charge in [-0.25, -0.2) is 13.1 Å². The summed E-state index contributed by atoms with van der Waals surface area (Å²) in [7, 11) is -3.58. The monoisotopic (exact) mass is 274 g/mol. The highest BCUT2D eigenvalue weighted by molar-refractivity contribution is 7.91. The maximum absolute atomic E-state index is 11.7. The molecule has 1 amide bonds. The Morgan fingerprint density at radius 2 is 2.24 bits per heavy atom. The largest absolute Gasteiger partial charge is 0.352 e. The zero-order valence-electron chi connectivity index (χ0n) is 9.39. The van der Waals surface area contributed by atoms with Crippen molar-refractivity contribution in [3.63, 3.8) is 0 Å². The van der Waals surface area contributed by atoms with Crippen LogP contribution in [0.2, 0.25) is 0 Å². The molecule has 1 rings (SSSR count). The molecule has 5 nitrogen and oxygen atoms in total. The molecule has 0 aliphatic carbocycles. The molecule has 0 fully saturated rings. The smallest absolute Gasteiger partial charge is 0.250 e. The summed E-state index contributed by atoms with van der Waals surface area (Å²) in [5, 5.41) is 2.48. The lowest BCUT2D eigenvalue weighted by Gasteiger charge is -2.04. The topological polar surface area (TPSA) is 75.3 Å². The van der Waals surface area contributed by atoms with Crippen molar-refractivity contribution in [2.75, 3.05) is 13.1 Å². The van der Waals surface area contributed by atoms with E-state index in [-0.39, 0.29) is 16.7 Å². The summed E-state index contributed by atoms with van der Waals surface area (Å²) in [6.45, 7) is 5.31. The van der Waals surface area contributed by atoms with Crippen LogP contribution in [0.15, 0.2) is 29.0 Å². The minimum absolute atomic E-state index is 0.214. The maximum Gasteiger partial charge on any atom is 0.250 e. The van der Waals surface area contributed by atoms with Crippen LogP contribution in [0, 0.1) is 6.92 Å². The van der Waals surface area contributed by atoms with Crippen molar-refractivity contribution in [2.24, 2.45) is 0 Å². The fourth-order valence-electron chi connectivity index (χ4n) is 1.04. The van der Waals surface area contributed by atoms with Gasteiger partial charge in [0, 0.05) is 11.4 Å². The van der Waals surface area contributed by atoms with Gasteiger partial charge in [0.15, 0.2) is 0 Å². The summed E-state index contributed by atoms with van der Waals surface area (Å²) in [6.07, 6.45) is 1.52. The van der Waals surface area contributed by atoms with E-state index in [0.29, 0.717) is 6.54 Å². The van der Waals surface area contributed by atoms with E-state index in [0.717, 1.165) is 4.88 Å². The van der Waals surface area contributed by atoms with Gasteiger partial charge in [0.2, 0.25) is 5.91 Å². The second-order valence-electron chi connectivity index (χ2n) is 3.28. The zero-order valence-corrected chi connectivity index (χ0v) is 11.0. The van der Waals surface area contributed by atoms with Crippen LogP contribution in [0.25, 0.3) is 0 Å². The lowest BCUT2D eigenvalue weighted by Crippen LogP contribution is -2.36. The number of hydrogen-bond acceptors (Lipinski definition) is 4. The molecule has 0 spiro atoms. The molecule has 0 atom stereocenters. The second kappa shape index (κ2) is 5.95. The average Bonchev–Trinajstić information content (AvgIpc) is 2.71. The Balaban J connectivity index is 2.56. The molecule has 0 aliphatic rings. The molecule has 7 heteroatoms. The van der Waals surface area contributed by atoms with Crippen LogP contribution in [-0.4, -0.2) is 27.4 Å². The summed E-state index contributed by atoms with van der Waals surface area (Å²) in [4.78, 5) is 12.1. The lowest BCUT2D eigenvalue weighted by molar-refractivity contribution is -0.119. The molecule has 1 aromatic rings. The van der Waals surface area contributed by atoms with Gasteiger partial charge in [-0.2, -0.15) is 0 Å². The fraction of sp³-hybridized carbons (Fsp3) is 0.300. The van der Waals surface area contributed by atoms with Crippen LogP contribution >= 0.6 is 11.3 Å². The van der Waals surface area contributed by atoms with Crippen molar-refractivity contribution in [1.82, 2.24) is 10.0 Å². The van der Waals surface area contributed by atoms with E-state index in [1.807, 2.05) is 6.92 Å². The molecule has 1 heterocycles. The molecule has 1 aromatic heterocycles. The van der Waals surface area contributed by atoms with Crippen molar-refractivity contribution in [2.45, 2.75) is 11.1 Å². The second-order valence-corrected chi connectivity index (χ2v) is 6.56. The predicted molar refractivity (Wildman–Crippen MR) is 67.5 cm³/mol. The predicted octanol–water partition coefficient (Wildman–Crippen LogP) is 0.637. The highest BCUT2D eigenvalue weighted by atomic mass is 32.2. The molecule has 2 N–H and O–H groups in total. The van der Waals surface area contributed by atoms with E-state index in [9.17, 15) is 13.2 Å². The Hall–Kier alpha value is -1.18. The number of sulfonamides is 1. The van der Waals surface area contributed by atoms with E-state index in [2.05, 4.69) is 16.6 Å². The van der Waals surface area contributed by atoms with E-state index in [4.69, 9.17) is 0 Å². The van der Waals surface area contributed by atoms with Gasteiger partial charge >= 0.3 is 0 Å². The van der Waals surface area contributed by atoms with Crippen molar-refractivity contribution < 1.29 is 13.2 Å². The van der Waals surface area contributed by atoms with Gasteiger partial charge in [0.05, 0.1) is 6.54 Å². The quantitative estimate of drug-likeness (QED) is 0.747. The Morgan fingerprint density at radius 3 is 2.76 bits per heavy atom. The van der Waals surface area contributed by atoms with E-state index in [1.165, 1.54) is 23.5 Å². The normalized spacial score (nSPS) is 11.1. The Bertz CT molecular complexity index is 505. The van der Waals surface area contributed by atoms with Crippen molar-refractivity contribution in [3.05, 3.63) is 29.7 Å². The number of carbonyl (C=O) groups excluding carboxylic acids is 1. The molecule has 0 aromatic carbocycles. The third-order valence-corrected chi connectivity index (χ3v) is 4.74. The number of carbonyl (C=O) groups is 1. The molecule has 0 bridgehead atoms. The first-order valence-electron chi connectivity index (χ1n) is 4.89. The summed E-state index contributed by atoms with van der Waals surface area (Å²) in [5.41, 5.74) is 0. The fourth-order valence-corrected chi connectivity index (χ4v) is 3.35. The summed E-state index contributed by atoms with van der Waals surface area (Å²) < 4.78 is 25.9. The Morgan fingerprint density at radius 1 is 1.53 bits per heavy atom. The molecule has 0 saturated carbocycles. The van der Waals surface area contributed by atoms with Crippen LogP contribution in [-0.2, 0) is 14.8 Å². The first-order chi connectivity index (χ1) is 7.95. The minimum atomic E-state index is -3.58. The molecule has 0 radical (unpaired) electrons. The molecule has 94 valence electrons. The average molecular weight is 274 g/mol. The van der Waals surface area contributed by atoms with Gasteiger partial charge < -0.3 is 5.32 Å². The summed E-state index contributed by atoms with van der Waals surface area (Å²) in [5.74, 6) is -0.387. The van der Waals surface area contributed by atoms with Gasteiger partial charge in [0.25, 0.3) is 10.0 Å². The standard InChI is InChI=1S/C10H14N2O3S2/c1-3-6-11-9(13)7-12-17(14,15)10-5-4-8(2)16-10/h3-5,12H,1,6-7H2,2H3,(H,11,13). The van der Waals surface area contributed by atoms with Gasteiger partial charge in [-0.3, -0.25) is 4.79 Å². The SMILES string of the molecule is C=CCNC(=O)CNS(=O)(=O)c1ccc(C)s1. The number of aryl methyl sites for hydroxylation is 1. The number of rotatable bonds is 6. The van der Waals surface area contributed by atoms with Crippen LogP contribution in [0.4, 0.5) is 0 Å². The highest BCUT2D eigenvalue weighted by Crippen LogP contribution is 2.19. The number of amides is 1. The molecule has 0 aliphatic heterocycles. The van der Waals surface area contributed by atoms with Crippen molar-refractivity contribution in [3.8, 4) is 0 Å². The van der Waals surface area contributed by atoms with E-state index < -0.39 is 10.0 Å². The lowest BCUT2D eigenvalue weighted by atomic mass is 10.5. The molecule has 0 saturated heterocycles. The van der Waals surface area contributed by atoms with Gasteiger partial charge in [-0.1, -0.05) is 6.08 Å². The molecular formula is C10H14N2O3S2. The first kappa shape index (κ1) is 13.9. The third-order valence-electron chi connectivity index (χ3n) is 1.85. The number of nitrogens with one attached hydrogen (secondary N) is 2. The maximum atomic E-state index is 11.7. The minimum Gasteiger partial charge on any atom is -0.352 e. The Kier molecular flexibility index (Phi) is 4.86. The molecule has 0 unspecified atom stereocenters. The number of thiophene rings is 1. The summed E-state index contributed by atoms with van der Waals surface area (Å²) >= 11 is 1.17. The van der Waals surface area contributed by atoms with E-state index in [1.54, 1.807) is 6.07 Å². The van der Waals surface area contributed by atoms with Crippen molar-refractivity contribution >= 4 is 27.3 Å². The van der Waals surface area contributed by atoms with Crippen molar-refractivity contribution in [1.29, 1.82) is 0 Å². The van der Waals surface area contributed by atoms with Crippen LogP contribution in [0.1, 0.15) is 4.88 Å². The van der Waals surface area contributed by atoms with Gasteiger partial charge in [-0.15, -0.1) is 17.9 Å². The van der Waals surface area contributed by atoms with Gasteiger partial charge in [-0.05, 0) is 19.1 Å². The van der Waals surface area contributed by atoms with Gasteiger partial charge in [0.1, 0.15) is 4.21 Å². The highest BCUT2D eigenvalue weighted by Gasteiger charge is 2.16. The number of hydrogen-bond donors (Lipinski definition) is 2. The summed E-state index contributed by atoms with van der Waals surface area (Å²) in [6, 6.07) is 3.24. The molecular weight excluding hydrogens is 260 g/mol. The first-order valence-corrected chi connectivity index (χ1v) is 7.19. The Labute approximate surface area is 105 Å². The third kappa shape index (κ3) is 4.29.